The fourth-order valence-electron chi connectivity index (χ4n) is 1.46. The third kappa shape index (κ3) is 5.89. The Bertz CT molecular complexity index is 292. The maximum atomic E-state index is 11.7. The summed E-state index contributed by atoms with van der Waals surface area (Å²) in [4.78, 5) is 22.7. The zero-order chi connectivity index (χ0) is 14.3. The highest BCUT2D eigenvalue weighted by Crippen LogP contribution is 2.10. The highest BCUT2D eigenvalue weighted by molar-refractivity contribution is 5.85. The lowest BCUT2D eigenvalue weighted by molar-refractivity contribution is -0.143. The van der Waals surface area contributed by atoms with E-state index in [0.29, 0.717) is 12.3 Å². The molecule has 0 aromatic carbocycles. The Labute approximate surface area is 109 Å². The zero-order valence-electron chi connectivity index (χ0n) is 12.0. The molecule has 18 heavy (non-hydrogen) atoms. The first-order valence-corrected chi connectivity index (χ1v) is 6.53. The molecule has 0 saturated heterocycles. The van der Waals surface area contributed by atoms with Gasteiger partial charge in [0.2, 0.25) is 0 Å². The van der Waals surface area contributed by atoms with Crippen LogP contribution >= 0.6 is 0 Å². The van der Waals surface area contributed by atoms with E-state index < -0.39 is 17.5 Å². The smallest absolute Gasteiger partial charge is 0.329 e. The van der Waals surface area contributed by atoms with E-state index in [1.807, 2.05) is 6.92 Å². The lowest BCUT2D eigenvalue weighted by atomic mass is 9.99. The van der Waals surface area contributed by atoms with Crippen LogP contribution in [0.5, 0.6) is 0 Å². The van der Waals surface area contributed by atoms with E-state index in [2.05, 4.69) is 24.5 Å². The number of rotatable bonds is 7. The van der Waals surface area contributed by atoms with Crippen molar-refractivity contribution >= 4 is 12.0 Å². The summed E-state index contributed by atoms with van der Waals surface area (Å²) in [6.07, 6.45) is 2.27. The third-order valence-corrected chi connectivity index (χ3v) is 3.12. The summed E-state index contributed by atoms with van der Waals surface area (Å²) < 4.78 is 0. The molecule has 5 nitrogen and oxygen atoms in total. The molecule has 2 atom stereocenters. The van der Waals surface area contributed by atoms with Crippen molar-refractivity contribution in [1.82, 2.24) is 10.6 Å². The molecule has 106 valence electrons. The molecule has 0 aromatic rings. The molecular formula is C13H26N2O3. The van der Waals surface area contributed by atoms with Gasteiger partial charge in [-0.25, -0.2) is 9.59 Å². The lowest BCUT2D eigenvalue weighted by Crippen LogP contribution is -2.56. The van der Waals surface area contributed by atoms with Gasteiger partial charge in [-0.05, 0) is 39.0 Å². The van der Waals surface area contributed by atoms with Gasteiger partial charge in [-0.3, -0.25) is 0 Å². The molecule has 0 saturated carbocycles. The maximum Gasteiger partial charge on any atom is 0.329 e. The van der Waals surface area contributed by atoms with Crippen molar-refractivity contribution in [3.63, 3.8) is 0 Å². The van der Waals surface area contributed by atoms with E-state index >= 15 is 0 Å². The molecule has 2 unspecified atom stereocenters. The molecule has 0 aliphatic carbocycles. The van der Waals surface area contributed by atoms with E-state index in [-0.39, 0.29) is 6.04 Å². The lowest BCUT2D eigenvalue weighted by Gasteiger charge is -2.26. The molecule has 0 radical (unpaired) electrons. The summed E-state index contributed by atoms with van der Waals surface area (Å²) in [7, 11) is 0. The van der Waals surface area contributed by atoms with Crippen LogP contribution in [0.3, 0.4) is 0 Å². The summed E-state index contributed by atoms with van der Waals surface area (Å²) in [5.41, 5.74) is -1.21. The first-order valence-electron chi connectivity index (χ1n) is 6.53. The van der Waals surface area contributed by atoms with Gasteiger partial charge >= 0.3 is 12.0 Å². The number of carbonyl (C=O) groups is 2. The fourth-order valence-corrected chi connectivity index (χ4v) is 1.46. The Balaban J connectivity index is 4.21. The molecule has 0 rings (SSSR count). The molecule has 0 spiro atoms. The van der Waals surface area contributed by atoms with Crippen LogP contribution < -0.4 is 10.6 Å². The van der Waals surface area contributed by atoms with Crippen molar-refractivity contribution < 1.29 is 14.7 Å². The Hall–Kier alpha value is -1.26. The number of aliphatic carboxylic acids is 1. The van der Waals surface area contributed by atoms with Crippen LogP contribution in [0.25, 0.3) is 0 Å². The van der Waals surface area contributed by atoms with Gasteiger partial charge in [0.25, 0.3) is 0 Å². The SMILES string of the molecule is CCC(C)(NC(=O)NC(C)CCC(C)C)C(=O)O. The van der Waals surface area contributed by atoms with Gasteiger partial charge in [0.15, 0.2) is 0 Å². The summed E-state index contributed by atoms with van der Waals surface area (Å²) >= 11 is 0. The minimum absolute atomic E-state index is 0.0438. The number of amides is 2. The summed E-state index contributed by atoms with van der Waals surface area (Å²) in [6.45, 7) is 9.42. The predicted octanol–water partition coefficient (Wildman–Crippen LogP) is 2.36. The number of urea groups is 1. The average molecular weight is 258 g/mol. The van der Waals surface area contributed by atoms with E-state index in [0.717, 1.165) is 12.8 Å². The van der Waals surface area contributed by atoms with Crippen LogP contribution in [0.2, 0.25) is 0 Å². The first kappa shape index (κ1) is 16.7. The van der Waals surface area contributed by atoms with Crippen molar-refractivity contribution in [1.29, 1.82) is 0 Å². The maximum absolute atomic E-state index is 11.7. The number of carbonyl (C=O) groups excluding carboxylic acids is 1. The average Bonchev–Trinajstić information content (AvgIpc) is 2.25. The molecule has 0 aliphatic heterocycles. The summed E-state index contributed by atoms with van der Waals surface area (Å²) in [5, 5.41) is 14.3. The van der Waals surface area contributed by atoms with Crippen LogP contribution in [-0.2, 0) is 4.79 Å². The minimum atomic E-state index is -1.21. The molecule has 3 N–H and O–H groups in total. The highest BCUT2D eigenvalue weighted by atomic mass is 16.4. The van der Waals surface area contributed by atoms with Gasteiger partial charge in [0, 0.05) is 6.04 Å². The molecule has 5 heteroatoms. The molecule has 0 fully saturated rings. The van der Waals surface area contributed by atoms with Crippen molar-refractivity contribution in [2.45, 2.75) is 65.5 Å². The molecule has 0 aliphatic rings. The summed E-state index contributed by atoms with van der Waals surface area (Å²) in [6, 6.07) is -0.375. The predicted molar refractivity (Wildman–Crippen MR) is 71.5 cm³/mol. The second-order valence-corrected chi connectivity index (χ2v) is 5.46. The zero-order valence-corrected chi connectivity index (χ0v) is 12.0. The van der Waals surface area contributed by atoms with Crippen molar-refractivity contribution in [3.05, 3.63) is 0 Å². The molecule has 0 aromatic heterocycles. The van der Waals surface area contributed by atoms with Gasteiger partial charge in [0.05, 0.1) is 0 Å². The fraction of sp³-hybridized carbons (Fsp3) is 0.846. The summed E-state index contributed by atoms with van der Waals surface area (Å²) in [5.74, 6) is -0.424. The highest BCUT2D eigenvalue weighted by Gasteiger charge is 2.32. The minimum Gasteiger partial charge on any atom is -0.480 e. The van der Waals surface area contributed by atoms with E-state index in [9.17, 15) is 9.59 Å². The number of nitrogens with one attached hydrogen (secondary N) is 2. The van der Waals surface area contributed by atoms with Crippen molar-refractivity contribution in [2.24, 2.45) is 5.92 Å². The number of carboxylic acids is 1. The van der Waals surface area contributed by atoms with Gasteiger partial charge in [-0.2, -0.15) is 0 Å². The van der Waals surface area contributed by atoms with Crippen LogP contribution in [-0.4, -0.2) is 28.7 Å². The van der Waals surface area contributed by atoms with Crippen molar-refractivity contribution in [2.75, 3.05) is 0 Å². The number of hydrogen-bond donors (Lipinski definition) is 3. The monoisotopic (exact) mass is 258 g/mol. The number of hydrogen-bond acceptors (Lipinski definition) is 2. The van der Waals surface area contributed by atoms with E-state index in [4.69, 9.17) is 5.11 Å². The quantitative estimate of drug-likeness (QED) is 0.656. The van der Waals surface area contributed by atoms with Crippen molar-refractivity contribution in [3.8, 4) is 0 Å². The van der Waals surface area contributed by atoms with Crippen LogP contribution in [0.1, 0.15) is 53.9 Å². The third-order valence-electron chi connectivity index (χ3n) is 3.12. The normalized spacial score (nSPS) is 15.9. The topological polar surface area (TPSA) is 78.4 Å². The Kier molecular flexibility index (Phi) is 6.73. The van der Waals surface area contributed by atoms with E-state index in [1.54, 1.807) is 6.92 Å². The van der Waals surface area contributed by atoms with Gasteiger partial charge in [0.1, 0.15) is 5.54 Å². The van der Waals surface area contributed by atoms with Gasteiger partial charge in [-0.15, -0.1) is 0 Å². The standard InChI is InChI=1S/C13H26N2O3/c1-6-13(5,11(16)17)15-12(18)14-10(4)8-7-9(2)3/h9-10H,6-8H2,1-5H3,(H,16,17)(H2,14,15,18). The molecule has 0 heterocycles. The molecular weight excluding hydrogens is 232 g/mol. The van der Waals surface area contributed by atoms with Crippen LogP contribution in [0.15, 0.2) is 0 Å². The Morgan fingerprint density at radius 3 is 2.17 bits per heavy atom. The van der Waals surface area contributed by atoms with E-state index in [1.165, 1.54) is 6.92 Å². The molecule has 0 bridgehead atoms. The Morgan fingerprint density at radius 2 is 1.78 bits per heavy atom. The second-order valence-electron chi connectivity index (χ2n) is 5.46. The van der Waals surface area contributed by atoms with Crippen LogP contribution in [0, 0.1) is 5.92 Å². The largest absolute Gasteiger partial charge is 0.480 e. The number of carboxylic acid groups (broad SMARTS) is 1. The first-order chi connectivity index (χ1) is 8.21. The van der Waals surface area contributed by atoms with Crippen LogP contribution in [0.4, 0.5) is 4.79 Å². The molecule has 2 amide bonds. The Morgan fingerprint density at radius 1 is 1.22 bits per heavy atom. The second kappa shape index (κ2) is 7.24. The van der Waals surface area contributed by atoms with Gasteiger partial charge in [-0.1, -0.05) is 20.8 Å². The van der Waals surface area contributed by atoms with Gasteiger partial charge < -0.3 is 15.7 Å².